The molecule has 8 nitrogen and oxygen atoms in total. The fourth-order valence-corrected chi connectivity index (χ4v) is 2.79. The molecule has 1 aromatic carbocycles. The molecule has 0 saturated carbocycles. The number of guanidine groups is 1. The second kappa shape index (κ2) is 11.9. The van der Waals surface area contributed by atoms with E-state index in [4.69, 9.17) is 18.6 Å². The summed E-state index contributed by atoms with van der Waals surface area (Å²) in [5.74, 6) is 3.66. The number of furan rings is 1. The van der Waals surface area contributed by atoms with Gasteiger partial charge in [0.25, 0.3) is 0 Å². The summed E-state index contributed by atoms with van der Waals surface area (Å²) in [4.78, 5) is 4.60. The van der Waals surface area contributed by atoms with Gasteiger partial charge in [-0.3, -0.25) is 0 Å². The number of halogens is 1. The van der Waals surface area contributed by atoms with E-state index in [1.54, 1.807) is 40.4 Å². The number of ether oxygens (including phenoxy) is 3. The van der Waals surface area contributed by atoms with Gasteiger partial charge in [-0.1, -0.05) is 0 Å². The first-order valence-electron chi connectivity index (χ1n) is 9.45. The van der Waals surface area contributed by atoms with Crippen molar-refractivity contribution in [1.82, 2.24) is 10.6 Å². The molecule has 2 rings (SSSR count). The van der Waals surface area contributed by atoms with Crippen LogP contribution in [0.3, 0.4) is 0 Å². The van der Waals surface area contributed by atoms with E-state index in [9.17, 15) is 5.11 Å². The molecule has 168 valence electrons. The van der Waals surface area contributed by atoms with Gasteiger partial charge in [0.1, 0.15) is 22.9 Å². The minimum Gasteiger partial charge on any atom is -0.496 e. The number of hydrogen-bond acceptors (Lipinski definition) is 6. The molecule has 0 aliphatic rings. The zero-order chi connectivity index (χ0) is 21.4. The lowest BCUT2D eigenvalue weighted by atomic mass is 10.0. The van der Waals surface area contributed by atoms with E-state index in [0.717, 1.165) is 11.3 Å². The summed E-state index contributed by atoms with van der Waals surface area (Å²) in [6.07, 6.45) is 0. The van der Waals surface area contributed by atoms with Crippen LogP contribution in [0.5, 0.6) is 17.2 Å². The highest BCUT2D eigenvalue weighted by molar-refractivity contribution is 14.0. The maximum absolute atomic E-state index is 10.7. The van der Waals surface area contributed by atoms with Crippen LogP contribution in [-0.2, 0) is 12.1 Å². The van der Waals surface area contributed by atoms with Gasteiger partial charge >= 0.3 is 0 Å². The zero-order valence-electron chi connectivity index (χ0n) is 18.4. The number of nitrogens with zero attached hydrogens (tertiary/aromatic N) is 1. The minimum absolute atomic E-state index is 0. The highest BCUT2D eigenvalue weighted by atomic mass is 127. The van der Waals surface area contributed by atoms with Gasteiger partial charge in [-0.2, -0.15) is 0 Å². The summed E-state index contributed by atoms with van der Waals surface area (Å²) in [7, 11) is 4.76. The van der Waals surface area contributed by atoms with Crippen molar-refractivity contribution >= 4 is 29.9 Å². The molecule has 1 atom stereocenters. The molecule has 0 bridgehead atoms. The molecule has 0 spiro atoms. The van der Waals surface area contributed by atoms with E-state index in [0.29, 0.717) is 42.1 Å². The molecular weight excluding hydrogens is 501 g/mol. The average molecular weight is 533 g/mol. The summed E-state index contributed by atoms with van der Waals surface area (Å²) in [6.45, 7) is 6.77. The number of aryl methyl sites for hydroxylation is 1. The van der Waals surface area contributed by atoms with Crippen LogP contribution in [0.2, 0.25) is 0 Å². The van der Waals surface area contributed by atoms with Crippen molar-refractivity contribution < 1.29 is 23.7 Å². The Morgan fingerprint density at radius 2 is 1.70 bits per heavy atom. The lowest BCUT2D eigenvalue weighted by Gasteiger charge is -2.23. The number of methoxy groups -OCH3 is 3. The van der Waals surface area contributed by atoms with Gasteiger partial charge in [0.2, 0.25) is 0 Å². The van der Waals surface area contributed by atoms with E-state index in [1.807, 2.05) is 26.0 Å². The number of hydrogen-bond donors (Lipinski definition) is 3. The van der Waals surface area contributed by atoms with Crippen molar-refractivity contribution in [3.05, 3.63) is 41.3 Å². The van der Waals surface area contributed by atoms with Gasteiger partial charge in [-0.15, -0.1) is 24.0 Å². The first-order valence-corrected chi connectivity index (χ1v) is 9.45. The molecule has 1 unspecified atom stereocenters. The van der Waals surface area contributed by atoms with Crippen LogP contribution < -0.4 is 24.8 Å². The van der Waals surface area contributed by atoms with E-state index < -0.39 is 5.60 Å². The number of nitrogens with one attached hydrogen (secondary N) is 2. The number of benzene rings is 1. The van der Waals surface area contributed by atoms with Crippen LogP contribution in [0.25, 0.3) is 0 Å². The normalized spacial score (nSPS) is 13.1. The predicted octanol–water partition coefficient (Wildman–Crippen LogP) is 3.19. The van der Waals surface area contributed by atoms with Gasteiger partial charge in [-0.05, 0) is 39.0 Å². The van der Waals surface area contributed by atoms with E-state index >= 15 is 0 Å². The highest BCUT2D eigenvalue weighted by Crippen LogP contribution is 2.34. The van der Waals surface area contributed by atoms with Crippen molar-refractivity contribution in [2.24, 2.45) is 4.99 Å². The van der Waals surface area contributed by atoms with Crippen molar-refractivity contribution in [2.45, 2.75) is 32.9 Å². The Bertz CT molecular complexity index is 836. The number of aliphatic imine (C=N–C) groups is 1. The monoisotopic (exact) mass is 533 g/mol. The fraction of sp³-hybridized carbons (Fsp3) is 0.476. The van der Waals surface area contributed by atoms with Crippen molar-refractivity contribution in [1.29, 1.82) is 0 Å². The molecule has 1 aromatic heterocycles. The Labute approximate surface area is 195 Å². The van der Waals surface area contributed by atoms with Crippen LogP contribution in [0.4, 0.5) is 0 Å². The SMILES string of the molecule is CCNC(=NCc1cc(OC)c(OC)cc1OC)NCC(C)(O)c1ccc(C)o1.I. The molecule has 0 saturated heterocycles. The van der Waals surface area contributed by atoms with Gasteiger partial charge in [0.05, 0.1) is 34.4 Å². The van der Waals surface area contributed by atoms with Gasteiger partial charge < -0.3 is 34.4 Å². The first kappa shape index (κ1) is 25.9. The zero-order valence-corrected chi connectivity index (χ0v) is 20.7. The van der Waals surface area contributed by atoms with E-state index in [1.165, 1.54) is 0 Å². The molecule has 0 radical (unpaired) electrons. The van der Waals surface area contributed by atoms with Crippen molar-refractivity contribution in [3.63, 3.8) is 0 Å². The maximum Gasteiger partial charge on any atom is 0.191 e. The fourth-order valence-electron chi connectivity index (χ4n) is 2.79. The third-order valence-electron chi connectivity index (χ3n) is 4.41. The van der Waals surface area contributed by atoms with Crippen molar-refractivity contribution in [2.75, 3.05) is 34.4 Å². The summed E-state index contributed by atoms with van der Waals surface area (Å²) in [6, 6.07) is 7.21. The highest BCUT2D eigenvalue weighted by Gasteiger charge is 2.27. The Balaban J connectivity index is 0.00000450. The van der Waals surface area contributed by atoms with Crippen LogP contribution in [0, 0.1) is 6.92 Å². The molecule has 0 aliphatic carbocycles. The lowest BCUT2D eigenvalue weighted by Crippen LogP contribution is -2.44. The quantitative estimate of drug-likeness (QED) is 0.259. The molecule has 0 amide bonds. The first-order chi connectivity index (χ1) is 13.8. The average Bonchev–Trinajstić information content (AvgIpc) is 3.16. The van der Waals surface area contributed by atoms with E-state index in [2.05, 4.69) is 15.6 Å². The summed E-state index contributed by atoms with van der Waals surface area (Å²) in [5, 5.41) is 17.1. The van der Waals surface area contributed by atoms with E-state index in [-0.39, 0.29) is 30.5 Å². The van der Waals surface area contributed by atoms with Crippen LogP contribution >= 0.6 is 24.0 Å². The second-order valence-corrected chi connectivity index (χ2v) is 6.75. The molecule has 0 fully saturated rings. The molecule has 9 heteroatoms. The molecule has 2 aromatic rings. The summed E-state index contributed by atoms with van der Waals surface area (Å²) < 4.78 is 21.7. The van der Waals surface area contributed by atoms with Crippen molar-refractivity contribution in [3.8, 4) is 17.2 Å². The number of rotatable bonds is 9. The predicted molar refractivity (Wildman–Crippen MR) is 127 cm³/mol. The number of aliphatic hydroxyl groups is 1. The van der Waals surface area contributed by atoms with Gasteiger partial charge in [0.15, 0.2) is 17.5 Å². The van der Waals surface area contributed by atoms with Crippen LogP contribution in [-0.4, -0.2) is 45.5 Å². The maximum atomic E-state index is 10.7. The Kier molecular flexibility index (Phi) is 10.3. The van der Waals surface area contributed by atoms with Gasteiger partial charge in [0, 0.05) is 18.2 Å². The molecule has 1 heterocycles. The molecule has 3 N–H and O–H groups in total. The Morgan fingerprint density at radius 1 is 1.07 bits per heavy atom. The third-order valence-corrected chi connectivity index (χ3v) is 4.41. The lowest BCUT2D eigenvalue weighted by molar-refractivity contribution is 0.0378. The Hall–Kier alpha value is -2.14. The summed E-state index contributed by atoms with van der Waals surface area (Å²) >= 11 is 0. The Morgan fingerprint density at radius 3 is 2.23 bits per heavy atom. The van der Waals surface area contributed by atoms with Crippen LogP contribution in [0.15, 0.2) is 33.7 Å². The largest absolute Gasteiger partial charge is 0.496 e. The minimum atomic E-state index is -1.18. The summed E-state index contributed by atoms with van der Waals surface area (Å²) in [5.41, 5.74) is -0.332. The molecular formula is C21H32IN3O5. The third kappa shape index (κ3) is 6.69. The second-order valence-electron chi connectivity index (χ2n) is 6.75. The molecule has 30 heavy (non-hydrogen) atoms. The molecule has 0 aliphatic heterocycles. The topological polar surface area (TPSA) is 97.5 Å². The van der Waals surface area contributed by atoms with Gasteiger partial charge in [-0.25, -0.2) is 4.99 Å². The smallest absolute Gasteiger partial charge is 0.191 e. The standard InChI is InChI=1S/C21H31N3O5.HI/c1-7-22-20(24-13-21(3,25)19-9-8-14(2)29-19)23-12-15-10-17(27-5)18(28-6)11-16(15)26-4;/h8-11,25H,7,12-13H2,1-6H3,(H2,22,23,24);1H. The van der Waals surface area contributed by atoms with Crippen LogP contribution in [0.1, 0.15) is 30.9 Å².